The molecule has 86 valence electrons. The van der Waals surface area contributed by atoms with Gasteiger partial charge in [0.05, 0.1) is 5.75 Å². The molecule has 0 amide bonds. The van der Waals surface area contributed by atoms with Crippen LogP contribution in [-0.4, -0.2) is 16.5 Å². The number of benzene rings is 1. The number of hydrogen-bond acceptors (Lipinski definition) is 3. The first-order chi connectivity index (χ1) is 8.25. The minimum atomic E-state index is -0.288. The lowest BCUT2D eigenvalue weighted by Gasteiger charge is -2.01. The van der Waals surface area contributed by atoms with Crippen LogP contribution in [0.2, 0.25) is 0 Å². The molecule has 2 rings (SSSR count). The molecule has 0 aliphatic rings. The number of pyridine rings is 1. The van der Waals surface area contributed by atoms with Crippen LogP contribution >= 0.6 is 11.8 Å². The summed E-state index contributed by atoms with van der Waals surface area (Å²) in [6, 6.07) is 9.66. The standard InChI is InChI=1S/C13H10FNOS/c14-11-4-1-5-12(7-11)17-9-13(16)10-3-2-6-15-8-10/h1-8H,9H2. The van der Waals surface area contributed by atoms with Crippen molar-refractivity contribution in [1.29, 1.82) is 0 Å². The average Bonchev–Trinajstić information content (AvgIpc) is 2.37. The lowest BCUT2D eigenvalue weighted by atomic mass is 10.2. The van der Waals surface area contributed by atoms with Gasteiger partial charge in [-0.3, -0.25) is 9.78 Å². The smallest absolute Gasteiger partial charge is 0.174 e. The fraction of sp³-hybridized carbons (Fsp3) is 0.0769. The van der Waals surface area contributed by atoms with Crippen molar-refractivity contribution in [2.24, 2.45) is 0 Å². The van der Waals surface area contributed by atoms with E-state index >= 15 is 0 Å². The first kappa shape index (κ1) is 11.8. The summed E-state index contributed by atoms with van der Waals surface area (Å²) < 4.78 is 12.9. The Labute approximate surface area is 103 Å². The van der Waals surface area contributed by atoms with E-state index in [9.17, 15) is 9.18 Å². The molecule has 1 heterocycles. The summed E-state index contributed by atoms with van der Waals surface area (Å²) in [6.45, 7) is 0. The predicted molar refractivity (Wildman–Crippen MR) is 65.7 cm³/mol. The second kappa shape index (κ2) is 5.59. The normalized spacial score (nSPS) is 10.2. The van der Waals surface area contributed by atoms with Crippen molar-refractivity contribution in [3.63, 3.8) is 0 Å². The van der Waals surface area contributed by atoms with E-state index in [1.165, 1.54) is 30.1 Å². The van der Waals surface area contributed by atoms with Crippen LogP contribution in [0.3, 0.4) is 0 Å². The zero-order valence-corrected chi connectivity index (χ0v) is 9.78. The van der Waals surface area contributed by atoms with Gasteiger partial charge in [0.25, 0.3) is 0 Å². The molecule has 0 saturated carbocycles. The van der Waals surface area contributed by atoms with Crippen LogP contribution in [0.5, 0.6) is 0 Å². The fourth-order valence-electron chi connectivity index (χ4n) is 1.32. The number of halogens is 1. The zero-order chi connectivity index (χ0) is 12.1. The van der Waals surface area contributed by atoms with E-state index in [2.05, 4.69) is 4.98 Å². The number of carbonyl (C=O) groups excluding carboxylic acids is 1. The molecule has 0 unspecified atom stereocenters. The lowest BCUT2D eigenvalue weighted by molar-refractivity contribution is 0.102. The quantitative estimate of drug-likeness (QED) is 0.614. The van der Waals surface area contributed by atoms with Crippen molar-refractivity contribution in [2.45, 2.75) is 4.90 Å². The highest BCUT2D eigenvalue weighted by molar-refractivity contribution is 8.00. The number of Topliss-reactive ketones (excluding diaryl/α,β-unsaturated/α-hetero) is 1. The van der Waals surface area contributed by atoms with E-state index in [1.54, 1.807) is 30.5 Å². The molecule has 17 heavy (non-hydrogen) atoms. The third-order valence-corrected chi connectivity index (χ3v) is 3.14. The molecule has 0 fully saturated rings. The van der Waals surface area contributed by atoms with E-state index in [4.69, 9.17) is 0 Å². The van der Waals surface area contributed by atoms with Crippen LogP contribution < -0.4 is 0 Å². The van der Waals surface area contributed by atoms with Crippen molar-refractivity contribution in [3.8, 4) is 0 Å². The highest BCUT2D eigenvalue weighted by Gasteiger charge is 2.06. The molecular formula is C13H10FNOS. The molecular weight excluding hydrogens is 237 g/mol. The maximum absolute atomic E-state index is 12.9. The highest BCUT2D eigenvalue weighted by atomic mass is 32.2. The summed E-state index contributed by atoms with van der Waals surface area (Å²) in [5.41, 5.74) is 0.580. The number of carbonyl (C=O) groups is 1. The van der Waals surface area contributed by atoms with Crippen molar-refractivity contribution in [3.05, 3.63) is 60.2 Å². The summed E-state index contributed by atoms with van der Waals surface area (Å²) in [5.74, 6) is -0.00834. The van der Waals surface area contributed by atoms with Gasteiger partial charge in [-0.25, -0.2) is 4.39 Å². The molecule has 0 N–H and O–H groups in total. The Bertz CT molecular complexity index is 516. The van der Waals surface area contributed by atoms with Gasteiger partial charge in [-0.1, -0.05) is 6.07 Å². The van der Waals surface area contributed by atoms with Crippen LogP contribution in [0, 0.1) is 5.82 Å². The van der Waals surface area contributed by atoms with Crippen molar-refractivity contribution in [1.82, 2.24) is 4.98 Å². The second-order valence-corrected chi connectivity index (χ2v) is 4.46. The Kier molecular flexibility index (Phi) is 3.88. The molecule has 4 heteroatoms. The molecule has 0 aliphatic carbocycles. The van der Waals surface area contributed by atoms with Crippen LogP contribution in [0.4, 0.5) is 4.39 Å². The van der Waals surface area contributed by atoms with Gasteiger partial charge in [0.2, 0.25) is 0 Å². The van der Waals surface area contributed by atoms with Crippen LogP contribution in [0.25, 0.3) is 0 Å². The SMILES string of the molecule is O=C(CSc1cccc(F)c1)c1cccnc1. The van der Waals surface area contributed by atoms with E-state index in [-0.39, 0.29) is 17.4 Å². The average molecular weight is 247 g/mol. The fourth-order valence-corrected chi connectivity index (χ4v) is 2.15. The molecule has 1 aromatic heterocycles. The van der Waals surface area contributed by atoms with Gasteiger partial charge in [-0.05, 0) is 30.3 Å². The van der Waals surface area contributed by atoms with E-state index in [0.29, 0.717) is 5.56 Å². The van der Waals surface area contributed by atoms with Crippen molar-refractivity contribution < 1.29 is 9.18 Å². The summed E-state index contributed by atoms with van der Waals surface area (Å²) in [5, 5.41) is 0. The molecule has 0 spiro atoms. The highest BCUT2D eigenvalue weighted by Crippen LogP contribution is 2.19. The molecule has 0 radical (unpaired) electrons. The molecule has 1 aromatic carbocycles. The minimum Gasteiger partial charge on any atom is -0.293 e. The summed E-state index contributed by atoms with van der Waals surface area (Å²) in [4.78, 5) is 16.4. The second-order valence-electron chi connectivity index (χ2n) is 3.41. The Morgan fingerprint density at radius 3 is 2.88 bits per heavy atom. The van der Waals surface area contributed by atoms with Gasteiger partial charge in [-0.15, -0.1) is 11.8 Å². The summed E-state index contributed by atoms with van der Waals surface area (Å²) in [6.07, 6.45) is 3.16. The van der Waals surface area contributed by atoms with E-state index < -0.39 is 0 Å². The van der Waals surface area contributed by atoms with Gasteiger partial charge in [0, 0.05) is 22.9 Å². The zero-order valence-electron chi connectivity index (χ0n) is 8.97. The van der Waals surface area contributed by atoms with E-state index in [1.807, 2.05) is 0 Å². The Morgan fingerprint density at radius 2 is 2.18 bits per heavy atom. The summed E-state index contributed by atoms with van der Waals surface area (Å²) in [7, 11) is 0. The summed E-state index contributed by atoms with van der Waals surface area (Å²) >= 11 is 1.32. The number of aromatic nitrogens is 1. The van der Waals surface area contributed by atoms with Crippen LogP contribution in [-0.2, 0) is 0 Å². The maximum Gasteiger partial charge on any atom is 0.174 e. The molecule has 0 bridgehead atoms. The third-order valence-electron chi connectivity index (χ3n) is 2.15. The van der Waals surface area contributed by atoms with Gasteiger partial charge in [-0.2, -0.15) is 0 Å². The number of ketones is 1. The number of thioether (sulfide) groups is 1. The number of rotatable bonds is 4. The molecule has 2 nitrogen and oxygen atoms in total. The van der Waals surface area contributed by atoms with Crippen LogP contribution in [0.15, 0.2) is 53.7 Å². The Balaban J connectivity index is 1.97. The molecule has 2 aromatic rings. The first-order valence-corrected chi connectivity index (χ1v) is 6.06. The number of nitrogens with zero attached hydrogens (tertiary/aromatic N) is 1. The monoisotopic (exact) mass is 247 g/mol. The van der Waals surface area contributed by atoms with Crippen molar-refractivity contribution >= 4 is 17.5 Å². The van der Waals surface area contributed by atoms with Crippen molar-refractivity contribution in [2.75, 3.05) is 5.75 Å². The maximum atomic E-state index is 12.9. The Hall–Kier alpha value is -1.68. The van der Waals surface area contributed by atoms with Gasteiger partial charge in [0.1, 0.15) is 5.82 Å². The van der Waals surface area contributed by atoms with Gasteiger partial charge < -0.3 is 0 Å². The van der Waals surface area contributed by atoms with Gasteiger partial charge >= 0.3 is 0 Å². The topological polar surface area (TPSA) is 30.0 Å². The van der Waals surface area contributed by atoms with E-state index in [0.717, 1.165) is 4.90 Å². The van der Waals surface area contributed by atoms with Gasteiger partial charge in [0.15, 0.2) is 5.78 Å². The first-order valence-electron chi connectivity index (χ1n) is 5.07. The largest absolute Gasteiger partial charge is 0.293 e. The number of hydrogen-bond donors (Lipinski definition) is 0. The molecule has 0 atom stereocenters. The third kappa shape index (κ3) is 3.39. The minimum absolute atomic E-state index is 0.00707. The molecule has 0 aliphatic heterocycles. The lowest BCUT2D eigenvalue weighted by Crippen LogP contribution is -2.02. The van der Waals surface area contributed by atoms with Crippen LogP contribution in [0.1, 0.15) is 10.4 Å². The predicted octanol–water partition coefficient (Wildman–Crippen LogP) is 3.20. The molecule has 0 saturated heterocycles. The Morgan fingerprint density at radius 1 is 1.29 bits per heavy atom.